The highest BCUT2D eigenvalue weighted by Crippen LogP contribution is 2.10. The van der Waals surface area contributed by atoms with Crippen LogP contribution in [-0.2, 0) is 4.74 Å². The topological polar surface area (TPSA) is 51.8 Å². The van der Waals surface area contributed by atoms with Gasteiger partial charge >= 0.3 is 0 Å². The maximum Gasteiger partial charge on any atom is 0.207 e. The van der Waals surface area contributed by atoms with Crippen LogP contribution in [0.2, 0.25) is 0 Å². The summed E-state index contributed by atoms with van der Waals surface area (Å²) in [5.74, 6) is 1.55. The van der Waals surface area contributed by atoms with Gasteiger partial charge in [-0.1, -0.05) is 0 Å². The van der Waals surface area contributed by atoms with Crippen molar-refractivity contribution in [1.29, 1.82) is 0 Å². The zero-order valence-corrected chi connectivity index (χ0v) is 7.95. The van der Waals surface area contributed by atoms with Crippen LogP contribution < -0.4 is 0 Å². The minimum Gasteiger partial charge on any atom is -0.479 e. The molecular weight excluding hydrogens is 182 g/mol. The van der Waals surface area contributed by atoms with E-state index < -0.39 is 0 Å². The summed E-state index contributed by atoms with van der Waals surface area (Å²) in [6.07, 6.45) is 0.201. The van der Waals surface area contributed by atoms with Crippen LogP contribution in [0.25, 0.3) is 0 Å². The van der Waals surface area contributed by atoms with Gasteiger partial charge in [0.2, 0.25) is 5.78 Å². The maximum atomic E-state index is 11.6. The molecule has 0 bridgehead atoms. The number of ether oxygens (including phenoxy) is 1. The van der Waals surface area contributed by atoms with Gasteiger partial charge in [-0.15, -0.1) is 0 Å². The Bertz CT molecular complexity index is 378. The molecule has 1 aliphatic heterocycles. The van der Waals surface area contributed by atoms with Gasteiger partial charge in [0.25, 0.3) is 0 Å². The second kappa shape index (κ2) is 3.65. The van der Waals surface area contributed by atoms with E-state index in [0.717, 1.165) is 5.76 Å². The van der Waals surface area contributed by atoms with E-state index in [1.165, 1.54) is 0 Å². The number of aliphatic imine (C=N–C) groups is 1. The van der Waals surface area contributed by atoms with Crippen molar-refractivity contribution >= 4 is 11.7 Å². The highest BCUT2D eigenvalue weighted by molar-refractivity contribution is 6.06. The molecule has 4 heteroatoms. The first-order valence-electron chi connectivity index (χ1n) is 4.51. The van der Waals surface area contributed by atoms with Crippen molar-refractivity contribution in [3.05, 3.63) is 23.7 Å². The molecule has 0 spiro atoms. The number of hydrogen-bond acceptors (Lipinski definition) is 4. The fraction of sp³-hybridized carbons (Fsp3) is 0.400. The zero-order chi connectivity index (χ0) is 9.97. The predicted octanol–water partition coefficient (Wildman–Crippen LogP) is 1.59. The monoisotopic (exact) mass is 193 g/mol. The van der Waals surface area contributed by atoms with Gasteiger partial charge in [0.05, 0.1) is 13.0 Å². The highest BCUT2D eigenvalue weighted by Gasteiger charge is 2.16. The standard InChI is InChI=1S/C10H11NO3/c1-7-2-3-9(14-7)8(12)6-10-11-4-5-13-10/h2-3H,4-6H2,1H3. The lowest BCUT2D eigenvalue weighted by Gasteiger charge is -1.98. The Morgan fingerprint density at radius 2 is 2.43 bits per heavy atom. The Morgan fingerprint density at radius 3 is 3.00 bits per heavy atom. The average Bonchev–Trinajstić information content (AvgIpc) is 2.75. The second-order valence-corrected chi connectivity index (χ2v) is 3.13. The predicted molar refractivity (Wildman–Crippen MR) is 50.6 cm³/mol. The molecule has 0 aromatic carbocycles. The van der Waals surface area contributed by atoms with Gasteiger partial charge in [0.15, 0.2) is 11.7 Å². The van der Waals surface area contributed by atoms with E-state index in [1.54, 1.807) is 19.1 Å². The number of hydrogen-bond donors (Lipinski definition) is 0. The van der Waals surface area contributed by atoms with Gasteiger partial charge in [0.1, 0.15) is 12.4 Å². The van der Waals surface area contributed by atoms with Crippen LogP contribution in [-0.4, -0.2) is 24.8 Å². The van der Waals surface area contributed by atoms with Gasteiger partial charge in [-0.25, -0.2) is 0 Å². The molecule has 74 valence electrons. The maximum absolute atomic E-state index is 11.6. The number of nitrogens with zero attached hydrogens (tertiary/aromatic N) is 1. The Hall–Kier alpha value is -1.58. The summed E-state index contributed by atoms with van der Waals surface area (Å²) >= 11 is 0. The summed E-state index contributed by atoms with van der Waals surface area (Å²) in [5.41, 5.74) is 0. The van der Waals surface area contributed by atoms with Crippen LogP contribution in [0.3, 0.4) is 0 Å². The van der Waals surface area contributed by atoms with E-state index in [9.17, 15) is 4.79 Å². The van der Waals surface area contributed by atoms with Crippen molar-refractivity contribution in [3.63, 3.8) is 0 Å². The second-order valence-electron chi connectivity index (χ2n) is 3.13. The van der Waals surface area contributed by atoms with Crippen molar-refractivity contribution in [3.8, 4) is 0 Å². The van der Waals surface area contributed by atoms with E-state index >= 15 is 0 Å². The molecule has 0 saturated heterocycles. The third-order valence-electron chi connectivity index (χ3n) is 1.98. The molecule has 1 aromatic rings. The summed E-state index contributed by atoms with van der Waals surface area (Å²) in [6, 6.07) is 3.44. The van der Waals surface area contributed by atoms with Crippen molar-refractivity contribution in [2.45, 2.75) is 13.3 Å². The van der Waals surface area contributed by atoms with Gasteiger partial charge in [-0.2, -0.15) is 0 Å². The number of ketones is 1. The van der Waals surface area contributed by atoms with Crippen LogP contribution in [0.5, 0.6) is 0 Å². The van der Waals surface area contributed by atoms with Crippen LogP contribution >= 0.6 is 0 Å². The molecule has 0 unspecified atom stereocenters. The number of carbonyl (C=O) groups is 1. The molecule has 0 radical (unpaired) electrons. The van der Waals surface area contributed by atoms with Gasteiger partial charge in [-0.3, -0.25) is 9.79 Å². The largest absolute Gasteiger partial charge is 0.479 e. The molecule has 0 aliphatic carbocycles. The van der Waals surface area contributed by atoms with Crippen molar-refractivity contribution < 1.29 is 13.9 Å². The minimum atomic E-state index is -0.0845. The van der Waals surface area contributed by atoms with Crippen LogP contribution in [0.1, 0.15) is 22.7 Å². The molecule has 2 rings (SSSR count). The van der Waals surface area contributed by atoms with E-state index in [4.69, 9.17) is 9.15 Å². The lowest BCUT2D eigenvalue weighted by Crippen LogP contribution is -2.07. The minimum absolute atomic E-state index is 0.0845. The SMILES string of the molecule is Cc1ccc(C(=O)CC2=NCCO2)o1. The van der Waals surface area contributed by atoms with Crippen molar-refractivity contribution in [1.82, 2.24) is 0 Å². The third-order valence-corrected chi connectivity index (χ3v) is 1.98. The highest BCUT2D eigenvalue weighted by atomic mass is 16.5. The van der Waals surface area contributed by atoms with Crippen molar-refractivity contribution in [2.75, 3.05) is 13.2 Å². The zero-order valence-electron chi connectivity index (χ0n) is 7.95. The molecule has 0 saturated carbocycles. The lowest BCUT2D eigenvalue weighted by molar-refractivity contribution is 0.0967. The molecule has 1 aromatic heterocycles. The molecule has 2 heterocycles. The number of rotatable bonds is 3. The van der Waals surface area contributed by atoms with Gasteiger partial charge in [0, 0.05) is 0 Å². The Balaban J connectivity index is 2.02. The summed E-state index contributed by atoms with van der Waals surface area (Å²) < 4.78 is 10.3. The van der Waals surface area contributed by atoms with Crippen molar-refractivity contribution in [2.24, 2.45) is 4.99 Å². The molecule has 0 atom stereocenters. The van der Waals surface area contributed by atoms with Crippen LogP contribution in [0.15, 0.2) is 21.5 Å². The molecule has 14 heavy (non-hydrogen) atoms. The molecular formula is C10H11NO3. The lowest BCUT2D eigenvalue weighted by atomic mass is 10.2. The number of Topliss-reactive ketones (excluding diaryl/α,β-unsaturated/α-hetero) is 1. The average molecular weight is 193 g/mol. The van der Waals surface area contributed by atoms with E-state index in [-0.39, 0.29) is 12.2 Å². The molecule has 0 amide bonds. The molecule has 0 N–H and O–H groups in total. The summed E-state index contributed by atoms with van der Waals surface area (Å²) in [6.45, 7) is 3.04. The number of aryl methyl sites for hydroxylation is 1. The number of carbonyl (C=O) groups excluding carboxylic acids is 1. The van der Waals surface area contributed by atoms with Crippen LogP contribution in [0.4, 0.5) is 0 Å². The molecule has 1 aliphatic rings. The fourth-order valence-corrected chi connectivity index (χ4v) is 1.30. The van der Waals surface area contributed by atoms with Crippen LogP contribution in [0, 0.1) is 6.92 Å². The van der Waals surface area contributed by atoms with E-state index in [0.29, 0.717) is 24.8 Å². The smallest absolute Gasteiger partial charge is 0.207 e. The summed E-state index contributed by atoms with van der Waals surface area (Å²) in [5, 5.41) is 0. The van der Waals surface area contributed by atoms with E-state index in [2.05, 4.69) is 4.99 Å². The number of furan rings is 1. The third kappa shape index (κ3) is 1.84. The summed E-state index contributed by atoms with van der Waals surface area (Å²) in [7, 11) is 0. The first-order valence-corrected chi connectivity index (χ1v) is 4.51. The fourth-order valence-electron chi connectivity index (χ4n) is 1.30. The Morgan fingerprint density at radius 1 is 1.57 bits per heavy atom. The first-order chi connectivity index (χ1) is 6.75. The molecule has 0 fully saturated rings. The van der Waals surface area contributed by atoms with Gasteiger partial charge in [-0.05, 0) is 19.1 Å². The quantitative estimate of drug-likeness (QED) is 0.685. The Labute approximate surface area is 81.6 Å². The summed E-state index contributed by atoms with van der Waals surface area (Å²) in [4.78, 5) is 15.6. The normalized spacial score (nSPS) is 15.1. The molecule has 4 nitrogen and oxygen atoms in total. The first kappa shape index (κ1) is 8.99. The van der Waals surface area contributed by atoms with E-state index in [1.807, 2.05) is 0 Å². The van der Waals surface area contributed by atoms with Gasteiger partial charge < -0.3 is 9.15 Å². The Kier molecular flexibility index (Phi) is 2.35.